The lowest BCUT2D eigenvalue weighted by atomic mass is 10.1. The lowest BCUT2D eigenvalue weighted by Crippen LogP contribution is -2.24. The van der Waals surface area contributed by atoms with Crippen molar-refractivity contribution in [1.29, 1.82) is 0 Å². The number of aromatic nitrogens is 4. The van der Waals surface area contributed by atoms with Crippen LogP contribution < -0.4 is 0 Å². The van der Waals surface area contributed by atoms with E-state index in [1.165, 1.54) is 12.1 Å². The molecule has 0 aliphatic carbocycles. The number of fused-ring (bicyclic) bond motifs is 1. The first-order valence-corrected chi connectivity index (χ1v) is 10.9. The van der Waals surface area contributed by atoms with Crippen molar-refractivity contribution in [1.82, 2.24) is 19.5 Å². The molecule has 0 radical (unpaired) electrons. The highest BCUT2D eigenvalue weighted by molar-refractivity contribution is 6.33. The summed E-state index contributed by atoms with van der Waals surface area (Å²) in [6.45, 7) is 7.25. The Kier molecular flexibility index (Phi) is 6.16. The smallest absolute Gasteiger partial charge is 0.306 e. The molecule has 0 N–H and O–H groups in total. The molecule has 172 valence electrons. The van der Waals surface area contributed by atoms with Crippen molar-refractivity contribution in [2.24, 2.45) is 0 Å². The van der Waals surface area contributed by atoms with Crippen molar-refractivity contribution < 1.29 is 18.4 Å². The fourth-order valence-electron chi connectivity index (χ4n) is 3.31. The average Bonchev–Trinajstić information content (AvgIpc) is 3.34. The maximum Gasteiger partial charge on any atom is 0.306 e. The van der Waals surface area contributed by atoms with E-state index in [2.05, 4.69) is 15.1 Å². The number of hydrogen-bond donors (Lipinski definition) is 0. The maximum atomic E-state index is 14.7. The second-order valence-corrected chi connectivity index (χ2v) is 9.47. The topological polar surface area (TPSA) is 82.5 Å². The molecule has 1 aromatic carbocycles. The number of aryl methyl sites for hydroxylation is 2. The van der Waals surface area contributed by atoms with Crippen molar-refractivity contribution in [2.75, 3.05) is 0 Å². The number of carbonyl (C=O) groups excluding carboxylic acids is 1. The van der Waals surface area contributed by atoms with E-state index in [4.69, 9.17) is 32.5 Å². The number of pyridine rings is 1. The van der Waals surface area contributed by atoms with Crippen LogP contribution in [-0.2, 0) is 16.0 Å². The summed E-state index contributed by atoms with van der Waals surface area (Å²) in [5.41, 5.74) is 1.91. The molecule has 0 saturated carbocycles. The third-order valence-electron chi connectivity index (χ3n) is 4.68. The van der Waals surface area contributed by atoms with Gasteiger partial charge in [-0.05, 0) is 63.4 Å². The average molecular weight is 491 g/mol. The molecule has 0 spiro atoms. The molecule has 0 unspecified atom stereocenters. The number of halogens is 3. The maximum absolute atomic E-state index is 14.7. The number of benzene rings is 1. The molecular weight excluding hydrogens is 470 g/mol. The lowest BCUT2D eigenvalue weighted by Gasteiger charge is -2.19. The minimum atomic E-state index is -0.599. The third-order valence-corrected chi connectivity index (χ3v) is 5.27. The molecule has 3 aromatic heterocycles. The van der Waals surface area contributed by atoms with Crippen molar-refractivity contribution in [3.05, 3.63) is 57.6 Å². The molecule has 0 bridgehead atoms. The van der Waals surface area contributed by atoms with Gasteiger partial charge in [0.1, 0.15) is 17.1 Å². The van der Waals surface area contributed by atoms with Crippen LogP contribution >= 0.6 is 23.2 Å². The van der Waals surface area contributed by atoms with E-state index in [9.17, 15) is 9.18 Å². The van der Waals surface area contributed by atoms with Crippen molar-refractivity contribution >= 4 is 34.8 Å². The zero-order valence-electron chi connectivity index (χ0n) is 18.4. The molecule has 0 aliphatic rings. The molecule has 0 amide bonds. The largest absolute Gasteiger partial charge is 0.460 e. The highest BCUT2D eigenvalue weighted by atomic mass is 35.5. The van der Waals surface area contributed by atoms with Crippen LogP contribution in [0.15, 0.2) is 35.1 Å². The molecular formula is C23H21Cl2FN4O3. The number of ether oxygens (including phenoxy) is 1. The molecule has 4 aromatic rings. The van der Waals surface area contributed by atoms with Crippen LogP contribution in [0.25, 0.3) is 28.6 Å². The van der Waals surface area contributed by atoms with Crippen LogP contribution in [0.3, 0.4) is 0 Å². The van der Waals surface area contributed by atoms with Gasteiger partial charge in [-0.25, -0.2) is 9.37 Å². The van der Waals surface area contributed by atoms with Crippen LogP contribution in [0.4, 0.5) is 4.39 Å². The molecule has 0 atom stereocenters. The summed E-state index contributed by atoms with van der Waals surface area (Å²) in [6.07, 6.45) is 3.77. The van der Waals surface area contributed by atoms with Crippen LogP contribution in [-0.4, -0.2) is 31.1 Å². The van der Waals surface area contributed by atoms with E-state index in [1.807, 2.05) is 13.1 Å². The van der Waals surface area contributed by atoms with Crippen molar-refractivity contribution in [2.45, 2.75) is 46.1 Å². The Balaban J connectivity index is 1.56. The van der Waals surface area contributed by atoms with E-state index in [-0.39, 0.29) is 35.1 Å². The van der Waals surface area contributed by atoms with Crippen LogP contribution in [0.2, 0.25) is 10.0 Å². The van der Waals surface area contributed by atoms with Gasteiger partial charge in [-0.1, -0.05) is 28.4 Å². The van der Waals surface area contributed by atoms with Crippen molar-refractivity contribution in [3.8, 4) is 23.0 Å². The molecule has 7 nitrogen and oxygen atoms in total. The minimum Gasteiger partial charge on any atom is -0.460 e. The number of rotatable bonds is 5. The van der Waals surface area contributed by atoms with E-state index in [0.29, 0.717) is 21.9 Å². The Bertz CT molecular complexity index is 1360. The van der Waals surface area contributed by atoms with Gasteiger partial charge in [-0.15, -0.1) is 0 Å². The second kappa shape index (κ2) is 8.76. The quantitative estimate of drug-likeness (QED) is 0.315. The van der Waals surface area contributed by atoms with Gasteiger partial charge in [-0.3, -0.25) is 4.79 Å². The number of carbonyl (C=O) groups is 1. The van der Waals surface area contributed by atoms with E-state index >= 15 is 0 Å². The standard InChI is InChI=1S/C23H21Cl2FN4O3/c1-12-7-16(25)21-27-18(11-30(21)10-12)22-28-20(29-33-22)14-9-17(26)13(8-15(14)24)5-6-19(31)32-23(2,3)4/h7-11H,5-6H2,1-4H3. The Morgan fingerprint density at radius 2 is 1.91 bits per heavy atom. The van der Waals surface area contributed by atoms with Gasteiger partial charge >= 0.3 is 5.97 Å². The first-order valence-electron chi connectivity index (χ1n) is 10.2. The summed E-state index contributed by atoms with van der Waals surface area (Å²) in [5.74, 6) is -0.674. The summed E-state index contributed by atoms with van der Waals surface area (Å²) in [7, 11) is 0. The molecule has 0 aliphatic heterocycles. The Morgan fingerprint density at radius 1 is 1.15 bits per heavy atom. The molecule has 33 heavy (non-hydrogen) atoms. The van der Waals surface area contributed by atoms with Crippen LogP contribution in [0.5, 0.6) is 0 Å². The Hall–Kier alpha value is -2.97. The number of hydrogen-bond acceptors (Lipinski definition) is 6. The first kappa shape index (κ1) is 23.2. The van der Waals surface area contributed by atoms with Crippen LogP contribution in [0, 0.1) is 12.7 Å². The van der Waals surface area contributed by atoms with Gasteiger partial charge in [-0.2, -0.15) is 4.98 Å². The summed E-state index contributed by atoms with van der Waals surface area (Å²) in [5, 5.41) is 4.65. The van der Waals surface area contributed by atoms with E-state index < -0.39 is 17.4 Å². The highest BCUT2D eigenvalue weighted by Gasteiger charge is 2.20. The summed E-state index contributed by atoms with van der Waals surface area (Å²) < 4.78 is 27.1. The Morgan fingerprint density at radius 3 is 2.64 bits per heavy atom. The molecule has 0 fully saturated rings. The van der Waals surface area contributed by atoms with Crippen LogP contribution in [0.1, 0.15) is 38.3 Å². The number of nitrogens with zero attached hydrogens (tertiary/aromatic N) is 4. The van der Waals surface area contributed by atoms with Gasteiger partial charge in [0.2, 0.25) is 5.82 Å². The van der Waals surface area contributed by atoms with Gasteiger partial charge in [0, 0.05) is 24.4 Å². The van der Waals surface area contributed by atoms with Gasteiger partial charge < -0.3 is 13.7 Å². The molecule has 0 saturated heterocycles. The Labute approximate surface area is 199 Å². The fourth-order valence-corrected chi connectivity index (χ4v) is 3.89. The normalized spacial score (nSPS) is 11.8. The first-order chi connectivity index (χ1) is 15.5. The second-order valence-electron chi connectivity index (χ2n) is 8.66. The minimum absolute atomic E-state index is 0.0339. The van der Waals surface area contributed by atoms with E-state index in [1.54, 1.807) is 37.4 Å². The highest BCUT2D eigenvalue weighted by Crippen LogP contribution is 2.31. The summed E-state index contributed by atoms with van der Waals surface area (Å²) >= 11 is 12.6. The number of esters is 1. The zero-order valence-corrected chi connectivity index (χ0v) is 20.0. The fraction of sp³-hybridized carbons (Fsp3) is 0.304. The number of imidazole rings is 1. The van der Waals surface area contributed by atoms with Gasteiger partial charge in [0.15, 0.2) is 5.65 Å². The monoisotopic (exact) mass is 490 g/mol. The predicted octanol–water partition coefficient (Wildman–Crippen LogP) is 6.08. The van der Waals surface area contributed by atoms with Gasteiger partial charge in [0.05, 0.1) is 10.0 Å². The van der Waals surface area contributed by atoms with E-state index in [0.717, 1.165) is 5.56 Å². The summed E-state index contributed by atoms with van der Waals surface area (Å²) in [4.78, 5) is 20.7. The summed E-state index contributed by atoms with van der Waals surface area (Å²) in [6, 6.07) is 4.49. The molecule has 3 heterocycles. The third kappa shape index (κ3) is 5.17. The lowest BCUT2D eigenvalue weighted by molar-refractivity contribution is -0.154. The molecule has 10 heteroatoms. The predicted molar refractivity (Wildman–Crippen MR) is 123 cm³/mol. The SMILES string of the molecule is Cc1cc(Cl)c2nc(-c3nc(-c4cc(F)c(CCC(=O)OC(C)(C)C)cc4Cl)no3)cn2c1. The zero-order chi connectivity index (χ0) is 23.9. The van der Waals surface area contributed by atoms with Gasteiger partial charge in [0.25, 0.3) is 5.89 Å². The van der Waals surface area contributed by atoms with Crippen molar-refractivity contribution in [3.63, 3.8) is 0 Å². The molecule has 4 rings (SSSR count).